The Morgan fingerprint density at radius 2 is 1.79 bits per heavy atom. The number of ether oxygens (including phenoxy) is 2. The first kappa shape index (κ1) is 14.1. The van der Waals surface area contributed by atoms with Crippen LogP contribution in [0.25, 0.3) is 10.4 Å². The fraction of sp³-hybridized carbons (Fsp3) is 0.333. The molecule has 1 aromatic carbocycles. The van der Waals surface area contributed by atoms with Crippen molar-refractivity contribution in [2.75, 3.05) is 19.5 Å². The van der Waals surface area contributed by atoms with E-state index in [-0.39, 0.29) is 12.3 Å². The van der Waals surface area contributed by atoms with E-state index in [0.29, 0.717) is 0 Å². The zero-order chi connectivity index (χ0) is 13.7. The third-order valence-electron chi connectivity index (χ3n) is 2.97. The van der Waals surface area contributed by atoms with Gasteiger partial charge in [-0.3, -0.25) is 0 Å². The molecule has 1 aromatic heterocycles. The van der Waals surface area contributed by atoms with Gasteiger partial charge in [-0.25, -0.2) is 0 Å². The van der Waals surface area contributed by atoms with Gasteiger partial charge in [0.25, 0.3) is 0 Å². The summed E-state index contributed by atoms with van der Waals surface area (Å²) in [5.74, 6) is 0. The van der Waals surface area contributed by atoms with Gasteiger partial charge < -0.3 is 14.8 Å². The van der Waals surface area contributed by atoms with Crippen LogP contribution in [0, 0.1) is 0 Å². The maximum Gasteiger partial charge on any atom is 0.176 e. The van der Waals surface area contributed by atoms with Gasteiger partial charge in [0.05, 0.1) is 6.04 Å². The van der Waals surface area contributed by atoms with E-state index in [2.05, 4.69) is 41.0 Å². The van der Waals surface area contributed by atoms with E-state index in [1.54, 1.807) is 25.6 Å². The summed E-state index contributed by atoms with van der Waals surface area (Å²) in [7, 11) is 3.30. The van der Waals surface area contributed by atoms with Gasteiger partial charge in [0.15, 0.2) is 6.29 Å². The molecule has 19 heavy (non-hydrogen) atoms. The number of hydrogen-bond donors (Lipinski definition) is 1. The maximum absolute atomic E-state index is 5.28. The predicted octanol–water partition coefficient (Wildman–Crippen LogP) is 3.83. The second-order valence-corrected chi connectivity index (χ2v) is 5.24. The van der Waals surface area contributed by atoms with Crippen LogP contribution in [0.2, 0.25) is 0 Å². The number of anilines is 1. The lowest BCUT2D eigenvalue weighted by Crippen LogP contribution is -2.33. The molecule has 0 fully saturated rings. The van der Waals surface area contributed by atoms with Crippen molar-refractivity contribution in [3.63, 3.8) is 0 Å². The van der Waals surface area contributed by atoms with Gasteiger partial charge in [-0.2, -0.15) is 0 Å². The van der Waals surface area contributed by atoms with Crippen molar-refractivity contribution >= 4 is 17.0 Å². The fourth-order valence-corrected chi connectivity index (χ4v) is 2.84. The molecule has 102 valence electrons. The van der Waals surface area contributed by atoms with Crippen molar-refractivity contribution in [2.24, 2.45) is 0 Å². The molecule has 0 aliphatic heterocycles. The molecular weight excluding hydrogens is 258 g/mol. The van der Waals surface area contributed by atoms with Crippen molar-refractivity contribution in [3.05, 3.63) is 41.8 Å². The summed E-state index contributed by atoms with van der Waals surface area (Å²) in [4.78, 5) is 1.25. The highest BCUT2D eigenvalue weighted by Gasteiger charge is 2.17. The van der Waals surface area contributed by atoms with E-state index in [0.717, 1.165) is 5.69 Å². The molecule has 2 aromatic rings. The lowest BCUT2D eigenvalue weighted by atomic mass is 10.1. The van der Waals surface area contributed by atoms with Gasteiger partial charge in [-0.05, 0) is 24.4 Å². The van der Waals surface area contributed by atoms with Gasteiger partial charge in [0.2, 0.25) is 0 Å². The molecule has 0 saturated heterocycles. The molecule has 1 N–H and O–H groups in total. The highest BCUT2D eigenvalue weighted by molar-refractivity contribution is 7.13. The Bertz CT molecular complexity index is 495. The Balaban J connectivity index is 2.21. The van der Waals surface area contributed by atoms with Gasteiger partial charge >= 0.3 is 0 Å². The zero-order valence-electron chi connectivity index (χ0n) is 11.4. The Labute approximate surface area is 118 Å². The summed E-state index contributed by atoms with van der Waals surface area (Å²) in [5.41, 5.74) is 2.30. The molecule has 0 bridgehead atoms. The van der Waals surface area contributed by atoms with E-state index in [4.69, 9.17) is 9.47 Å². The number of benzene rings is 1. The number of methoxy groups -OCH3 is 2. The molecular formula is C15H19NO2S. The van der Waals surface area contributed by atoms with Crippen molar-refractivity contribution in [1.82, 2.24) is 0 Å². The van der Waals surface area contributed by atoms with Crippen LogP contribution in [0.5, 0.6) is 0 Å². The van der Waals surface area contributed by atoms with Gasteiger partial charge in [0, 0.05) is 30.3 Å². The Morgan fingerprint density at radius 3 is 2.42 bits per heavy atom. The molecule has 0 spiro atoms. The molecule has 0 radical (unpaired) electrons. The van der Waals surface area contributed by atoms with Crippen molar-refractivity contribution < 1.29 is 9.47 Å². The standard InChI is InChI=1S/C15H19NO2S/c1-11(15(17-2)18-3)16-13-8-5-4-7-12(13)14-9-6-10-19-14/h4-11,15-16H,1-3H3. The van der Waals surface area contributed by atoms with Crippen LogP contribution in [0.15, 0.2) is 41.8 Å². The Morgan fingerprint density at radius 1 is 1.05 bits per heavy atom. The molecule has 0 aliphatic rings. The molecule has 4 heteroatoms. The van der Waals surface area contributed by atoms with E-state index in [1.165, 1.54) is 10.4 Å². The maximum atomic E-state index is 5.28. The minimum atomic E-state index is -0.267. The minimum absolute atomic E-state index is 0.0658. The second-order valence-electron chi connectivity index (χ2n) is 4.30. The fourth-order valence-electron chi connectivity index (χ4n) is 2.07. The largest absolute Gasteiger partial charge is 0.377 e. The zero-order valence-corrected chi connectivity index (χ0v) is 12.2. The highest BCUT2D eigenvalue weighted by Crippen LogP contribution is 2.31. The quantitative estimate of drug-likeness (QED) is 0.814. The van der Waals surface area contributed by atoms with Gasteiger partial charge in [-0.1, -0.05) is 24.3 Å². The summed E-state index contributed by atoms with van der Waals surface area (Å²) in [5, 5.41) is 5.54. The first-order valence-electron chi connectivity index (χ1n) is 6.21. The summed E-state index contributed by atoms with van der Waals surface area (Å²) < 4.78 is 10.6. The van der Waals surface area contributed by atoms with E-state index < -0.39 is 0 Å². The predicted molar refractivity (Wildman–Crippen MR) is 80.6 cm³/mol. The number of hydrogen-bond acceptors (Lipinski definition) is 4. The smallest absolute Gasteiger partial charge is 0.176 e. The number of rotatable bonds is 6. The van der Waals surface area contributed by atoms with Crippen LogP contribution in [0.4, 0.5) is 5.69 Å². The average Bonchev–Trinajstić information content (AvgIpc) is 2.94. The average molecular weight is 277 g/mol. The molecule has 1 unspecified atom stereocenters. The van der Waals surface area contributed by atoms with Crippen LogP contribution in [0.3, 0.4) is 0 Å². The normalized spacial score (nSPS) is 12.6. The Hall–Kier alpha value is -1.36. The van der Waals surface area contributed by atoms with Crippen molar-refractivity contribution in [2.45, 2.75) is 19.3 Å². The van der Waals surface area contributed by atoms with Crippen molar-refractivity contribution in [3.8, 4) is 10.4 Å². The summed E-state index contributed by atoms with van der Waals surface area (Å²) in [6, 6.07) is 12.5. The first-order chi connectivity index (χ1) is 9.26. The second kappa shape index (κ2) is 6.70. The monoisotopic (exact) mass is 277 g/mol. The van der Waals surface area contributed by atoms with Crippen LogP contribution < -0.4 is 5.32 Å². The van der Waals surface area contributed by atoms with E-state index >= 15 is 0 Å². The number of nitrogens with one attached hydrogen (secondary N) is 1. The summed E-state index contributed by atoms with van der Waals surface area (Å²) in [6.45, 7) is 2.04. The van der Waals surface area contributed by atoms with Gasteiger partial charge in [-0.15, -0.1) is 11.3 Å². The SMILES string of the molecule is COC(OC)C(C)Nc1ccccc1-c1cccs1. The third-order valence-corrected chi connectivity index (χ3v) is 3.87. The lowest BCUT2D eigenvalue weighted by molar-refractivity contribution is -0.109. The number of thiophene rings is 1. The van der Waals surface area contributed by atoms with Crippen LogP contribution in [-0.2, 0) is 9.47 Å². The van der Waals surface area contributed by atoms with Crippen molar-refractivity contribution in [1.29, 1.82) is 0 Å². The molecule has 3 nitrogen and oxygen atoms in total. The number of para-hydroxylation sites is 1. The third kappa shape index (κ3) is 3.35. The van der Waals surface area contributed by atoms with Crippen LogP contribution in [0.1, 0.15) is 6.92 Å². The summed E-state index contributed by atoms with van der Waals surface area (Å²) in [6.07, 6.45) is -0.267. The van der Waals surface area contributed by atoms with E-state index in [1.807, 2.05) is 13.0 Å². The van der Waals surface area contributed by atoms with Gasteiger partial charge in [0.1, 0.15) is 0 Å². The minimum Gasteiger partial charge on any atom is -0.377 e. The molecule has 0 saturated carbocycles. The summed E-state index contributed by atoms with van der Waals surface area (Å²) >= 11 is 1.73. The van der Waals surface area contributed by atoms with Crippen LogP contribution >= 0.6 is 11.3 Å². The molecule has 0 amide bonds. The molecule has 2 rings (SSSR count). The highest BCUT2D eigenvalue weighted by atomic mass is 32.1. The lowest BCUT2D eigenvalue weighted by Gasteiger charge is -2.24. The topological polar surface area (TPSA) is 30.5 Å². The van der Waals surface area contributed by atoms with E-state index in [9.17, 15) is 0 Å². The molecule has 1 heterocycles. The first-order valence-corrected chi connectivity index (χ1v) is 7.09. The Kier molecular flexibility index (Phi) is 4.96. The molecule has 1 atom stereocenters. The van der Waals surface area contributed by atoms with Crippen LogP contribution in [-0.4, -0.2) is 26.6 Å². The molecule has 0 aliphatic carbocycles.